The third-order valence-corrected chi connectivity index (χ3v) is 4.18. The summed E-state index contributed by atoms with van der Waals surface area (Å²) in [5.41, 5.74) is -1.07. The van der Waals surface area contributed by atoms with Gasteiger partial charge in [-0.2, -0.15) is 18.3 Å². The van der Waals surface area contributed by atoms with Crippen LogP contribution < -0.4 is 4.72 Å². The predicted octanol–water partition coefficient (Wildman–Crippen LogP) is 2.02. The first-order valence-electron chi connectivity index (χ1n) is 6.05. The highest BCUT2D eigenvalue weighted by molar-refractivity contribution is 7.89. The van der Waals surface area contributed by atoms with Crippen molar-refractivity contribution in [3.05, 3.63) is 48.0 Å². The predicted molar refractivity (Wildman–Crippen MR) is 68.8 cm³/mol. The van der Waals surface area contributed by atoms with Crippen molar-refractivity contribution in [2.24, 2.45) is 0 Å². The van der Waals surface area contributed by atoms with Crippen molar-refractivity contribution >= 4 is 10.0 Å². The number of hydrogen-bond acceptors (Lipinski definition) is 3. The number of rotatable bonds is 5. The highest BCUT2D eigenvalue weighted by Gasteiger charge is 2.33. The van der Waals surface area contributed by atoms with Crippen LogP contribution in [0.2, 0.25) is 0 Å². The van der Waals surface area contributed by atoms with Crippen molar-refractivity contribution in [1.29, 1.82) is 0 Å². The molecule has 0 saturated heterocycles. The van der Waals surface area contributed by atoms with Gasteiger partial charge in [0.2, 0.25) is 10.0 Å². The Hall–Kier alpha value is -1.94. The molecule has 10 heteroatoms. The van der Waals surface area contributed by atoms with Crippen molar-refractivity contribution in [1.82, 2.24) is 14.5 Å². The molecule has 0 aliphatic rings. The van der Waals surface area contributed by atoms with Crippen molar-refractivity contribution < 1.29 is 26.0 Å². The molecule has 0 radical (unpaired) electrons. The first-order chi connectivity index (χ1) is 10.2. The van der Waals surface area contributed by atoms with E-state index in [4.69, 9.17) is 0 Å². The molecule has 0 atom stereocenters. The number of alkyl halides is 3. The number of aromatic nitrogens is 2. The Morgan fingerprint density at radius 1 is 1.18 bits per heavy atom. The van der Waals surface area contributed by atoms with Crippen LogP contribution >= 0.6 is 0 Å². The van der Waals surface area contributed by atoms with Crippen molar-refractivity contribution in [2.45, 2.75) is 17.6 Å². The van der Waals surface area contributed by atoms with E-state index >= 15 is 0 Å². The highest BCUT2D eigenvalue weighted by atomic mass is 32.2. The fourth-order valence-electron chi connectivity index (χ4n) is 1.67. The summed E-state index contributed by atoms with van der Waals surface area (Å²) in [6, 6.07) is 5.58. The summed E-state index contributed by atoms with van der Waals surface area (Å²) >= 11 is 0. The van der Waals surface area contributed by atoms with E-state index in [1.54, 1.807) is 0 Å². The Labute approximate surface area is 123 Å². The van der Waals surface area contributed by atoms with Gasteiger partial charge in [-0.05, 0) is 18.2 Å². The second-order valence-electron chi connectivity index (χ2n) is 4.29. The summed E-state index contributed by atoms with van der Waals surface area (Å²) in [7, 11) is -4.07. The van der Waals surface area contributed by atoms with E-state index in [1.165, 1.54) is 12.1 Å². The molecular formula is C12H11F4N3O2S. The zero-order valence-electron chi connectivity index (χ0n) is 11.0. The molecule has 0 bridgehead atoms. The molecule has 1 N–H and O–H groups in total. The van der Waals surface area contributed by atoms with E-state index in [9.17, 15) is 26.0 Å². The van der Waals surface area contributed by atoms with Gasteiger partial charge in [0, 0.05) is 12.7 Å². The quantitative estimate of drug-likeness (QED) is 0.849. The molecule has 120 valence electrons. The molecule has 1 heterocycles. The number of sulfonamides is 1. The van der Waals surface area contributed by atoms with Crippen molar-refractivity contribution in [3.8, 4) is 0 Å². The molecule has 1 aromatic heterocycles. The lowest BCUT2D eigenvalue weighted by Crippen LogP contribution is -2.28. The smallest absolute Gasteiger partial charge is 0.271 e. The molecule has 1 aromatic carbocycles. The summed E-state index contributed by atoms with van der Waals surface area (Å²) in [5, 5.41) is 3.27. The van der Waals surface area contributed by atoms with Gasteiger partial charge in [-0.15, -0.1) is 0 Å². The van der Waals surface area contributed by atoms with Crippen molar-refractivity contribution in [2.75, 3.05) is 6.54 Å². The Kier molecular flexibility index (Phi) is 4.52. The Morgan fingerprint density at radius 2 is 1.86 bits per heavy atom. The van der Waals surface area contributed by atoms with E-state index in [1.807, 2.05) is 0 Å². The van der Waals surface area contributed by atoms with Crippen LogP contribution in [-0.2, 0) is 22.7 Å². The minimum absolute atomic E-state index is 0.121. The van der Waals surface area contributed by atoms with E-state index in [2.05, 4.69) is 9.82 Å². The average Bonchev–Trinajstić information content (AvgIpc) is 2.87. The van der Waals surface area contributed by atoms with E-state index in [-0.39, 0.29) is 13.1 Å². The van der Waals surface area contributed by atoms with Gasteiger partial charge in [-0.25, -0.2) is 17.5 Å². The molecule has 5 nitrogen and oxygen atoms in total. The lowest BCUT2D eigenvalue weighted by atomic mass is 10.4. The second kappa shape index (κ2) is 6.05. The molecule has 0 fully saturated rings. The molecular weight excluding hydrogens is 326 g/mol. The zero-order valence-corrected chi connectivity index (χ0v) is 11.8. The molecule has 0 unspecified atom stereocenters. The van der Waals surface area contributed by atoms with Gasteiger partial charge in [0.25, 0.3) is 0 Å². The number of benzene rings is 1. The molecule has 0 amide bonds. The normalized spacial score (nSPS) is 12.5. The van der Waals surface area contributed by atoms with Gasteiger partial charge < -0.3 is 0 Å². The van der Waals surface area contributed by atoms with Gasteiger partial charge in [0.05, 0.1) is 6.54 Å². The summed E-state index contributed by atoms with van der Waals surface area (Å²) < 4.78 is 77.2. The standard InChI is InChI=1S/C12H11F4N3O2S/c13-9-3-1-2-4-10(9)22(20,21)17-6-8-19-7-5-11(18-19)12(14,15)16/h1-5,7,17H,6,8H2. The number of halogens is 4. The van der Waals surface area contributed by atoms with Crippen LogP contribution in [-0.4, -0.2) is 24.7 Å². The molecule has 0 aliphatic heterocycles. The third-order valence-electron chi connectivity index (χ3n) is 2.69. The Morgan fingerprint density at radius 3 is 2.45 bits per heavy atom. The number of nitrogens with one attached hydrogen (secondary N) is 1. The fourth-order valence-corrected chi connectivity index (χ4v) is 2.77. The van der Waals surface area contributed by atoms with E-state index in [0.717, 1.165) is 29.1 Å². The number of nitrogens with zero attached hydrogens (tertiary/aromatic N) is 2. The van der Waals surface area contributed by atoms with Crippen LogP contribution in [0, 0.1) is 5.82 Å². The minimum Gasteiger partial charge on any atom is -0.271 e. The van der Waals surface area contributed by atoms with Crippen LogP contribution in [0.3, 0.4) is 0 Å². The van der Waals surface area contributed by atoms with Crippen LogP contribution in [0.25, 0.3) is 0 Å². The highest BCUT2D eigenvalue weighted by Crippen LogP contribution is 2.27. The second-order valence-corrected chi connectivity index (χ2v) is 6.03. The van der Waals surface area contributed by atoms with Crippen LogP contribution in [0.4, 0.5) is 17.6 Å². The molecule has 2 aromatic rings. The van der Waals surface area contributed by atoms with Crippen LogP contribution in [0.5, 0.6) is 0 Å². The molecule has 0 saturated carbocycles. The maximum atomic E-state index is 13.4. The first kappa shape index (κ1) is 16.4. The van der Waals surface area contributed by atoms with Gasteiger partial charge in [0.15, 0.2) is 5.69 Å². The lowest BCUT2D eigenvalue weighted by Gasteiger charge is -2.07. The SMILES string of the molecule is O=S(=O)(NCCn1ccc(C(F)(F)F)n1)c1ccccc1F. The largest absolute Gasteiger partial charge is 0.435 e. The van der Waals surface area contributed by atoms with Gasteiger partial charge >= 0.3 is 6.18 Å². The molecule has 0 spiro atoms. The average molecular weight is 337 g/mol. The summed E-state index contributed by atoms with van der Waals surface area (Å²) in [5.74, 6) is -0.909. The summed E-state index contributed by atoms with van der Waals surface area (Å²) in [6.45, 7) is -0.348. The summed E-state index contributed by atoms with van der Waals surface area (Å²) in [6.07, 6.45) is -3.47. The Bertz CT molecular complexity index is 756. The van der Waals surface area contributed by atoms with E-state index < -0.39 is 32.6 Å². The van der Waals surface area contributed by atoms with E-state index in [0.29, 0.717) is 0 Å². The van der Waals surface area contributed by atoms with Gasteiger partial charge in [-0.1, -0.05) is 12.1 Å². The van der Waals surface area contributed by atoms with Gasteiger partial charge in [-0.3, -0.25) is 4.68 Å². The van der Waals surface area contributed by atoms with Crippen molar-refractivity contribution in [3.63, 3.8) is 0 Å². The fraction of sp³-hybridized carbons (Fsp3) is 0.250. The van der Waals surface area contributed by atoms with Crippen LogP contribution in [0.1, 0.15) is 5.69 Å². The minimum atomic E-state index is -4.56. The molecule has 22 heavy (non-hydrogen) atoms. The Balaban J connectivity index is 1.99. The molecule has 2 rings (SSSR count). The van der Waals surface area contributed by atoms with Gasteiger partial charge in [0.1, 0.15) is 10.7 Å². The zero-order chi connectivity index (χ0) is 16.4. The third kappa shape index (κ3) is 3.83. The maximum absolute atomic E-state index is 13.4. The van der Waals surface area contributed by atoms with Crippen LogP contribution in [0.15, 0.2) is 41.4 Å². The summed E-state index contributed by atoms with van der Waals surface area (Å²) in [4.78, 5) is -0.522. The molecule has 0 aliphatic carbocycles. The number of hydrogen-bond donors (Lipinski definition) is 1. The first-order valence-corrected chi connectivity index (χ1v) is 7.53. The monoisotopic (exact) mass is 337 g/mol. The topological polar surface area (TPSA) is 64.0 Å². The maximum Gasteiger partial charge on any atom is 0.435 e. The lowest BCUT2D eigenvalue weighted by molar-refractivity contribution is -0.141.